The molecule has 29 heavy (non-hydrogen) atoms. The predicted molar refractivity (Wildman–Crippen MR) is 110 cm³/mol. The molecule has 1 aliphatic heterocycles. The Morgan fingerprint density at radius 2 is 1.55 bits per heavy atom. The number of anilines is 2. The lowest BCUT2D eigenvalue weighted by molar-refractivity contribution is 0.632. The molecule has 0 unspecified atom stereocenters. The van der Waals surface area contributed by atoms with E-state index < -0.39 is 5.69 Å². The molecule has 0 spiro atoms. The van der Waals surface area contributed by atoms with Gasteiger partial charge in [-0.1, -0.05) is 0 Å². The zero-order chi connectivity index (χ0) is 20.7. The first-order valence-corrected chi connectivity index (χ1v) is 9.51. The smallest absolute Gasteiger partial charge is 0.329 e. The van der Waals surface area contributed by atoms with E-state index >= 15 is 0 Å². The van der Waals surface area contributed by atoms with E-state index in [0.717, 1.165) is 27.6 Å². The maximum absolute atomic E-state index is 11.9. The van der Waals surface area contributed by atoms with Gasteiger partial charge in [0, 0.05) is 51.1 Å². The van der Waals surface area contributed by atoms with Crippen molar-refractivity contribution in [1.29, 1.82) is 0 Å². The SMILES string of the molecule is Cc1cc(C)n(-c2cc(N3CCN(c4cc(=O)n(C)c(=O)[nH]4)CC3)nc(C)n2)n1. The summed E-state index contributed by atoms with van der Waals surface area (Å²) in [7, 11) is 1.46. The number of H-pyrrole nitrogens is 1. The number of nitrogens with zero attached hydrogens (tertiary/aromatic N) is 7. The number of nitrogens with one attached hydrogen (secondary N) is 1. The number of hydrogen-bond donors (Lipinski definition) is 1. The molecule has 3 aromatic heterocycles. The van der Waals surface area contributed by atoms with Gasteiger partial charge < -0.3 is 9.80 Å². The van der Waals surface area contributed by atoms with Gasteiger partial charge in [0.15, 0.2) is 5.82 Å². The fourth-order valence-corrected chi connectivity index (χ4v) is 3.56. The Morgan fingerprint density at radius 1 is 0.897 bits per heavy atom. The highest BCUT2D eigenvalue weighted by molar-refractivity contribution is 5.48. The molecule has 10 heteroatoms. The third kappa shape index (κ3) is 3.65. The minimum absolute atomic E-state index is 0.313. The van der Waals surface area contributed by atoms with Gasteiger partial charge in [-0.3, -0.25) is 14.3 Å². The molecule has 0 amide bonds. The third-order valence-electron chi connectivity index (χ3n) is 5.11. The normalized spacial score (nSPS) is 14.5. The molecule has 1 saturated heterocycles. The van der Waals surface area contributed by atoms with Crippen molar-refractivity contribution in [2.75, 3.05) is 36.0 Å². The van der Waals surface area contributed by atoms with Crippen LogP contribution in [-0.4, -0.2) is 55.5 Å². The third-order valence-corrected chi connectivity index (χ3v) is 5.11. The number of piperazine rings is 1. The Morgan fingerprint density at radius 3 is 2.17 bits per heavy atom. The van der Waals surface area contributed by atoms with Crippen molar-refractivity contribution in [3.63, 3.8) is 0 Å². The van der Waals surface area contributed by atoms with E-state index in [-0.39, 0.29) is 5.56 Å². The molecule has 1 aliphatic rings. The van der Waals surface area contributed by atoms with Gasteiger partial charge in [-0.2, -0.15) is 5.10 Å². The molecule has 4 rings (SSSR count). The highest BCUT2D eigenvalue weighted by atomic mass is 16.2. The van der Waals surface area contributed by atoms with Gasteiger partial charge in [0.05, 0.1) is 5.69 Å². The van der Waals surface area contributed by atoms with Crippen molar-refractivity contribution in [3.05, 3.63) is 56.2 Å². The van der Waals surface area contributed by atoms with Crippen LogP contribution >= 0.6 is 0 Å². The van der Waals surface area contributed by atoms with Crippen molar-refractivity contribution < 1.29 is 0 Å². The molecule has 152 valence electrons. The summed E-state index contributed by atoms with van der Waals surface area (Å²) in [4.78, 5) is 39.9. The molecule has 0 saturated carbocycles. The van der Waals surface area contributed by atoms with E-state index in [1.807, 2.05) is 42.5 Å². The first-order valence-electron chi connectivity index (χ1n) is 9.51. The molecular weight excluding hydrogens is 372 g/mol. The van der Waals surface area contributed by atoms with Crippen molar-refractivity contribution >= 4 is 11.6 Å². The van der Waals surface area contributed by atoms with E-state index in [2.05, 4.69) is 25.0 Å². The molecular formula is C19H24N8O2. The van der Waals surface area contributed by atoms with E-state index in [1.54, 1.807) is 0 Å². The summed E-state index contributed by atoms with van der Waals surface area (Å²) in [6.45, 7) is 8.59. The van der Waals surface area contributed by atoms with E-state index in [1.165, 1.54) is 13.1 Å². The first kappa shape index (κ1) is 18.9. The second-order valence-electron chi connectivity index (χ2n) is 7.30. The maximum atomic E-state index is 11.9. The van der Waals surface area contributed by atoms with Crippen molar-refractivity contribution in [1.82, 2.24) is 29.3 Å². The van der Waals surface area contributed by atoms with Crippen LogP contribution in [0.2, 0.25) is 0 Å². The Kier molecular flexibility index (Phi) is 4.69. The van der Waals surface area contributed by atoms with E-state index in [4.69, 9.17) is 0 Å². The van der Waals surface area contributed by atoms with Crippen LogP contribution in [0.4, 0.5) is 11.6 Å². The summed E-state index contributed by atoms with van der Waals surface area (Å²) in [5.74, 6) is 2.83. The Balaban J connectivity index is 1.55. The highest BCUT2D eigenvalue weighted by Gasteiger charge is 2.21. The minimum Gasteiger partial charge on any atom is -0.354 e. The summed E-state index contributed by atoms with van der Waals surface area (Å²) in [6.07, 6.45) is 0. The quantitative estimate of drug-likeness (QED) is 0.679. The molecule has 0 atom stereocenters. The van der Waals surface area contributed by atoms with Gasteiger partial charge in [-0.25, -0.2) is 19.4 Å². The fraction of sp³-hybridized carbons (Fsp3) is 0.421. The molecule has 0 aliphatic carbocycles. The fourth-order valence-electron chi connectivity index (χ4n) is 3.56. The van der Waals surface area contributed by atoms with Gasteiger partial charge in [0.1, 0.15) is 17.5 Å². The van der Waals surface area contributed by atoms with Gasteiger partial charge in [-0.15, -0.1) is 0 Å². The number of aromatic amines is 1. The van der Waals surface area contributed by atoms with Crippen molar-refractivity contribution in [2.45, 2.75) is 20.8 Å². The van der Waals surface area contributed by atoms with Crippen LogP contribution in [0, 0.1) is 20.8 Å². The molecule has 0 bridgehead atoms. The lowest BCUT2D eigenvalue weighted by atomic mass is 10.3. The molecule has 4 heterocycles. The number of hydrogen-bond acceptors (Lipinski definition) is 7. The highest BCUT2D eigenvalue weighted by Crippen LogP contribution is 2.20. The minimum atomic E-state index is -0.407. The van der Waals surface area contributed by atoms with Crippen LogP contribution in [0.1, 0.15) is 17.2 Å². The molecule has 10 nitrogen and oxygen atoms in total. The van der Waals surface area contributed by atoms with Gasteiger partial charge in [-0.05, 0) is 26.8 Å². The van der Waals surface area contributed by atoms with Crippen LogP contribution in [0.3, 0.4) is 0 Å². The number of aryl methyl sites for hydroxylation is 3. The van der Waals surface area contributed by atoms with E-state index in [9.17, 15) is 9.59 Å². The van der Waals surface area contributed by atoms with Crippen LogP contribution in [-0.2, 0) is 7.05 Å². The number of rotatable bonds is 3. The first-order chi connectivity index (χ1) is 13.8. The largest absolute Gasteiger partial charge is 0.354 e. The Bertz CT molecular complexity index is 1140. The monoisotopic (exact) mass is 396 g/mol. The van der Waals surface area contributed by atoms with Gasteiger partial charge in [0.2, 0.25) is 0 Å². The van der Waals surface area contributed by atoms with E-state index in [0.29, 0.717) is 37.8 Å². The second kappa shape index (κ2) is 7.19. The van der Waals surface area contributed by atoms with Gasteiger partial charge >= 0.3 is 5.69 Å². The zero-order valence-electron chi connectivity index (χ0n) is 17.0. The summed E-state index contributed by atoms with van der Waals surface area (Å²) in [5.41, 5.74) is 1.24. The topological polar surface area (TPSA) is 105 Å². The van der Waals surface area contributed by atoms with Crippen LogP contribution in [0.25, 0.3) is 5.82 Å². The van der Waals surface area contributed by atoms with Gasteiger partial charge in [0.25, 0.3) is 5.56 Å². The second-order valence-corrected chi connectivity index (χ2v) is 7.30. The average molecular weight is 396 g/mol. The van der Waals surface area contributed by atoms with Crippen molar-refractivity contribution in [3.8, 4) is 5.82 Å². The lowest BCUT2D eigenvalue weighted by Gasteiger charge is -2.36. The molecule has 3 aromatic rings. The average Bonchev–Trinajstić information content (AvgIpc) is 3.03. The van der Waals surface area contributed by atoms with Crippen molar-refractivity contribution in [2.24, 2.45) is 7.05 Å². The van der Waals surface area contributed by atoms with Crippen LogP contribution in [0.15, 0.2) is 27.8 Å². The predicted octanol–water partition coefficient (Wildman–Crippen LogP) is 0.301. The molecule has 1 fully saturated rings. The summed E-state index contributed by atoms with van der Waals surface area (Å²) in [6, 6.07) is 5.43. The maximum Gasteiger partial charge on any atom is 0.329 e. The molecule has 0 aromatic carbocycles. The lowest BCUT2D eigenvalue weighted by Crippen LogP contribution is -2.48. The summed E-state index contributed by atoms with van der Waals surface area (Å²) in [5, 5.41) is 4.52. The Hall–Kier alpha value is -3.43. The zero-order valence-corrected chi connectivity index (χ0v) is 17.0. The molecule has 1 N–H and O–H groups in total. The summed E-state index contributed by atoms with van der Waals surface area (Å²) < 4.78 is 2.89. The standard InChI is InChI=1S/C19H24N8O2/c1-12-9-13(2)27(23-12)17-10-15(20-14(3)21-17)25-5-7-26(8-6-25)16-11-18(28)24(4)19(29)22-16/h9-11H,5-8H2,1-4H3,(H,22,29). The van der Waals surface area contributed by atoms with Crippen LogP contribution in [0.5, 0.6) is 0 Å². The molecule has 0 radical (unpaired) electrons. The van der Waals surface area contributed by atoms with Crippen LogP contribution < -0.4 is 21.0 Å². The number of aromatic nitrogens is 6. The Labute approximate surface area is 167 Å². The summed E-state index contributed by atoms with van der Waals surface area (Å²) >= 11 is 0.